The summed E-state index contributed by atoms with van der Waals surface area (Å²) < 4.78 is 25.4. The van der Waals surface area contributed by atoms with E-state index >= 15 is 0 Å². The molecule has 8 nitrogen and oxygen atoms in total. The molecule has 1 aromatic carbocycles. The first-order valence-electron chi connectivity index (χ1n) is 5.82. The minimum atomic E-state index is -2.43. The van der Waals surface area contributed by atoms with E-state index in [1.54, 1.807) is 25.2 Å². The Balaban J connectivity index is 2.25. The van der Waals surface area contributed by atoms with Crippen LogP contribution in [0.25, 0.3) is 0 Å². The zero-order chi connectivity index (χ0) is 15.4. The first-order valence-corrected chi connectivity index (χ1v) is 7.88. The molecule has 1 unspecified atom stereocenters. The van der Waals surface area contributed by atoms with Crippen LogP contribution in [0.3, 0.4) is 0 Å². The number of benzene rings is 1. The van der Waals surface area contributed by atoms with Gasteiger partial charge in [-0.05, 0) is 41.1 Å². The minimum Gasteiger partial charge on any atom is -0.755 e. The lowest BCUT2D eigenvalue weighted by Crippen LogP contribution is -2.06. The van der Waals surface area contributed by atoms with Crippen LogP contribution in [0.5, 0.6) is 0 Å². The fraction of sp³-hybridized carbons (Fsp3) is 0.273. The Bertz CT molecular complexity index is 688. The molecule has 21 heavy (non-hydrogen) atoms. The van der Waals surface area contributed by atoms with Gasteiger partial charge in [-0.15, -0.1) is 5.10 Å². The van der Waals surface area contributed by atoms with Crippen molar-refractivity contribution in [2.45, 2.75) is 17.8 Å². The van der Waals surface area contributed by atoms with Gasteiger partial charge in [-0.25, -0.2) is 4.68 Å². The molecule has 0 spiro atoms. The van der Waals surface area contributed by atoms with E-state index in [1.165, 1.54) is 23.4 Å². The van der Waals surface area contributed by atoms with Crippen LogP contribution in [0.4, 0.5) is 5.69 Å². The van der Waals surface area contributed by atoms with Crippen molar-refractivity contribution in [2.24, 2.45) is 7.05 Å². The summed E-state index contributed by atoms with van der Waals surface area (Å²) in [7, 11) is 1.71. The molecule has 0 aliphatic carbocycles. The maximum atomic E-state index is 11.4. The third-order valence-corrected chi connectivity index (χ3v) is 4.09. The number of ketones is 1. The number of anilines is 1. The van der Waals surface area contributed by atoms with Gasteiger partial charge < -0.3 is 9.27 Å². The molecule has 0 aliphatic rings. The fourth-order valence-corrected chi connectivity index (χ4v) is 2.83. The Hall–Kier alpha value is -1.78. The van der Waals surface area contributed by atoms with Crippen molar-refractivity contribution in [3.8, 4) is 0 Å². The van der Waals surface area contributed by atoms with Crippen molar-refractivity contribution in [1.82, 2.24) is 20.2 Å². The standard InChI is InChI=1S/C11H13N5O3S2/c1-7(17)8-3-4-10(13-21(18)19)9(5-8)6-20-11-12-14-15-16(11)2/h3-5,13H,6H2,1-2H3,(H,18,19)/p-1. The summed E-state index contributed by atoms with van der Waals surface area (Å²) in [5.74, 6) is 0.339. The number of aryl methyl sites for hydroxylation is 1. The number of nitrogens with zero attached hydrogens (tertiary/aromatic N) is 4. The van der Waals surface area contributed by atoms with Crippen LogP contribution in [-0.4, -0.2) is 34.8 Å². The quantitative estimate of drug-likeness (QED) is 0.477. The molecule has 0 bridgehead atoms. The molecule has 2 aromatic rings. The van der Waals surface area contributed by atoms with E-state index in [0.717, 1.165) is 0 Å². The molecule has 10 heteroatoms. The van der Waals surface area contributed by atoms with E-state index in [2.05, 4.69) is 20.2 Å². The van der Waals surface area contributed by atoms with Gasteiger partial charge >= 0.3 is 0 Å². The molecule has 1 N–H and O–H groups in total. The molecule has 0 saturated heterocycles. The molecule has 0 amide bonds. The van der Waals surface area contributed by atoms with E-state index in [0.29, 0.717) is 27.7 Å². The van der Waals surface area contributed by atoms with E-state index < -0.39 is 11.3 Å². The summed E-state index contributed by atoms with van der Waals surface area (Å²) in [6.45, 7) is 1.46. The van der Waals surface area contributed by atoms with Crippen molar-refractivity contribution < 1.29 is 13.6 Å². The molecular weight excluding hydrogens is 314 g/mol. The van der Waals surface area contributed by atoms with Crippen molar-refractivity contribution in [1.29, 1.82) is 0 Å². The van der Waals surface area contributed by atoms with Gasteiger partial charge in [0.25, 0.3) is 0 Å². The van der Waals surface area contributed by atoms with Crippen LogP contribution in [0.1, 0.15) is 22.8 Å². The number of carbonyl (C=O) groups is 1. The Morgan fingerprint density at radius 2 is 2.29 bits per heavy atom. The lowest BCUT2D eigenvalue weighted by Gasteiger charge is -2.14. The average Bonchev–Trinajstić information content (AvgIpc) is 2.82. The lowest BCUT2D eigenvalue weighted by atomic mass is 10.1. The van der Waals surface area contributed by atoms with Crippen LogP contribution >= 0.6 is 11.8 Å². The minimum absolute atomic E-state index is 0.0867. The summed E-state index contributed by atoms with van der Waals surface area (Å²) in [5, 5.41) is 11.7. The highest BCUT2D eigenvalue weighted by molar-refractivity contribution is 7.98. The third-order valence-electron chi connectivity index (χ3n) is 2.64. The van der Waals surface area contributed by atoms with Crippen molar-refractivity contribution in [3.63, 3.8) is 0 Å². The number of hydrogen-bond acceptors (Lipinski definition) is 7. The van der Waals surface area contributed by atoms with Crippen LogP contribution in [0.15, 0.2) is 23.4 Å². The lowest BCUT2D eigenvalue weighted by molar-refractivity contribution is 0.101. The molecule has 1 heterocycles. The van der Waals surface area contributed by atoms with Crippen molar-refractivity contribution >= 4 is 34.5 Å². The highest BCUT2D eigenvalue weighted by Crippen LogP contribution is 2.26. The second-order valence-corrected chi connectivity index (χ2v) is 5.75. The van der Waals surface area contributed by atoms with Crippen LogP contribution in [-0.2, 0) is 24.1 Å². The zero-order valence-electron chi connectivity index (χ0n) is 11.3. The van der Waals surface area contributed by atoms with E-state index in [4.69, 9.17) is 0 Å². The van der Waals surface area contributed by atoms with Gasteiger partial charge in [0, 0.05) is 35.3 Å². The number of carbonyl (C=O) groups excluding carboxylic acids is 1. The Morgan fingerprint density at radius 3 is 2.86 bits per heavy atom. The highest BCUT2D eigenvalue weighted by Gasteiger charge is 2.10. The Labute approximate surface area is 127 Å². The molecule has 1 aromatic heterocycles. The van der Waals surface area contributed by atoms with Gasteiger partial charge in [-0.2, -0.15) is 0 Å². The predicted molar refractivity (Wildman–Crippen MR) is 77.3 cm³/mol. The largest absolute Gasteiger partial charge is 0.755 e. The first kappa shape index (κ1) is 15.6. The highest BCUT2D eigenvalue weighted by atomic mass is 32.2. The number of tetrazole rings is 1. The monoisotopic (exact) mass is 326 g/mol. The number of nitrogens with one attached hydrogen (secondary N) is 1. The molecule has 0 fully saturated rings. The Kier molecular flexibility index (Phi) is 5.04. The van der Waals surface area contributed by atoms with Crippen molar-refractivity contribution in [3.05, 3.63) is 29.3 Å². The molecule has 1 atom stereocenters. The van der Waals surface area contributed by atoms with Crippen LogP contribution in [0, 0.1) is 0 Å². The van der Waals surface area contributed by atoms with E-state index in [-0.39, 0.29) is 5.78 Å². The molecule has 112 valence electrons. The van der Waals surface area contributed by atoms with Gasteiger partial charge in [0.1, 0.15) is 0 Å². The van der Waals surface area contributed by atoms with Crippen LogP contribution in [0.2, 0.25) is 0 Å². The van der Waals surface area contributed by atoms with E-state index in [1.807, 2.05) is 0 Å². The second-order valence-electron chi connectivity index (χ2n) is 4.14. The fourth-order valence-electron chi connectivity index (χ4n) is 1.61. The topological polar surface area (TPSA) is 113 Å². The molecule has 2 rings (SSSR count). The molecule has 0 saturated carbocycles. The van der Waals surface area contributed by atoms with Crippen molar-refractivity contribution in [2.75, 3.05) is 4.72 Å². The number of thioether (sulfide) groups is 1. The normalized spacial score (nSPS) is 12.1. The van der Waals surface area contributed by atoms with Gasteiger partial charge in [-0.1, -0.05) is 11.8 Å². The Morgan fingerprint density at radius 1 is 1.52 bits per heavy atom. The summed E-state index contributed by atoms with van der Waals surface area (Å²) in [5.41, 5.74) is 1.62. The number of Topliss-reactive ketones (excluding diaryl/α,β-unsaturated/α-hetero) is 1. The summed E-state index contributed by atoms with van der Waals surface area (Å²) in [6.07, 6.45) is 0. The predicted octanol–water partition coefficient (Wildman–Crippen LogP) is 0.911. The molecular formula is C11H12N5O3S2-. The smallest absolute Gasteiger partial charge is 0.209 e. The zero-order valence-corrected chi connectivity index (χ0v) is 12.9. The molecule has 0 aliphatic heterocycles. The summed E-state index contributed by atoms with van der Waals surface area (Å²) in [6, 6.07) is 4.81. The SMILES string of the molecule is CC(=O)c1ccc(NS(=O)[O-])c(CSc2nnnn2C)c1. The first-order chi connectivity index (χ1) is 9.97. The van der Waals surface area contributed by atoms with E-state index in [9.17, 15) is 13.6 Å². The van der Waals surface area contributed by atoms with Crippen LogP contribution < -0.4 is 4.72 Å². The van der Waals surface area contributed by atoms with Gasteiger partial charge in [0.15, 0.2) is 5.78 Å². The maximum absolute atomic E-state index is 11.4. The second kappa shape index (κ2) is 6.78. The average molecular weight is 326 g/mol. The summed E-state index contributed by atoms with van der Waals surface area (Å²) in [4.78, 5) is 11.4. The van der Waals surface area contributed by atoms with Gasteiger partial charge in [0.2, 0.25) is 5.16 Å². The number of rotatable bonds is 6. The summed E-state index contributed by atoms with van der Waals surface area (Å²) >= 11 is -1.09. The molecule has 0 radical (unpaired) electrons. The number of hydrogen-bond donors (Lipinski definition) is 1. The third kappa shape index (κ3) is 4.09. The number of aromatic nitrogens is 4. The van der Waals surface area contributed by atoms with Gasteiger partial charge in [-0.3, -0.25) is 9.00 Å². The van der Waals surface area contributed by atoms with Gasteiger partial charge in [0.05, 0.1) is 0 Å². The maximum Gasteiger partial charge on any atom is 0.209 e.